The number of hydrogen-bond donors (Lipinski definition) is 1. The van der Waals surface area contributed by atoms with Gasteiger partial charge in [-0.3, -0.25) is 0 Å². The lowest BCUT2D eigenvalue weighted by Gasteiger charge is -2.15. The van der Waals surface area contributed by atoms with E-state index in [2.05, 4.69) is 29.4 Å². The second-order valence-electron chi connectivity index (χ2n) is 4.42. The van der Waals surface area contributed by atoms with Crippen molar-refractivity contribution in [2.75, 3.05) is 13.7 Å². The molecule has 102 valence electrons. The molecule has 19 heavy (non-hydrogen) atoms. The number of thiazole rings is 1. The molecule has 2 rings (SSSR count). The van der Waals surface area contributed by atoms with Crippen LogP contribution >= 0.6 is 11.3 Å². The average molecular weight is 276 g/mol. The topological polar surface area (TPSA) is 34.1 Å². The predicted octanol–water partition coefficient (Wildman–Crippen LogP) is 3.55. The number of benzene rings is 1. The van der Waals surface area contributed by atoms with Gasteiger partial charge in [-0.2, -0.15) is 0 Å². The fourth-order valence-electron chi connectivity index (χ4n) is 1.96. The van der Waals surface area contributed by atoms with Gasteiger partial charge in [0.25, 0.3) is 0 Å². The van der Waals surface area contributed by atoms with Crippen molar-refractivity contribution in [3.8, 4) is 5.75 Å². The lowest BCUT2D eigenvalue weighted by atomic mass is 10.1. The summed E-state index contributed by atoms with van der Waals surface area (Å²) in [5.41, 5.74) is 1.23. The molecule has 0 bridgehead atoms. The van der Waals surface area contributed by atoms with Crippen LogP contribution < -0.4 is 10.1 Å². The van der Waals surface area contributed by atoms with Crippen molar-refractivity contribution in [1.82, 2.24) is 10.3 Å². The second kappa shape index (κ2) is 6.68. The molecule has 1 N–H and O–H groups in total. The van der Waals surface area contributed by atoms with Gasteiger partial charge in [0.15, 0.2) is 0 Å². The van der Waals surface area contributed by atoms with E-state index in [1.165, 1.54) is 10.4 Å². The van der Waals surface area contributed by atoms with Crippen molar-refractivity contribution in [2.24, 2.45) is 0 Å². The fourth-order valence-corrected chi connectivity index (χ4v) is 2.88. The molecule has 0 aliphatic heterocycles. The molecule has 1 aromatic heterocycles. The smallest absolute Gasteiger partial charge is 0.119 e. The Morgan fingerprint density at radius 3 is 2.58 bits per heavy atom. The minimum Gasteiger partial charge on any atom is -0.494 e. The molecule has 0 radical (unpaired) electrons. The number of aromatic nitrogens is 1. The van der Waals surface area contributed by atoms with Gasteiger partial charge in [0.2, 0.25) is 0 Å². The molecule has 0 saturated heterocycles. The van der Waals surface area contributed by atoms with Crippen molar-refractivity contribution in [3.05, 3.63) is 45.9 Å². The summed E-state index contributed by atoms with van der Waals surface area (Å²) < 4.78 is 5.60. The van der Waals surface area contributed by atoms with E-state index < -0.39 is 0 Å². The van der Waals surface area contributed by atoms with Gasteiger partial charge in [-0.25, -0.2) is 4.98 Å². The summed E-state index contributed by atoms with van der Waals surface area (Å²) in [6.45, 7) is 4.91. The van der Waals surface area contributed by atoms with Crippen LogP contribution in [0, 0.1) is 6.92 Å². The summed E-state index contributed by atoms with van der Waals surface area (Å²) in [5, 5.41) is 4.44. The molecule has 1 aromatic carbocycles. The molecule has 4 heteroatoms. The van der Waals surface area contributed by atoms with Gasteiger partial charge < -0.3 is 10.1 Å². The molecule has 0 spiro atoms. The average Bonchev–Trinajstić information content (AvgIpc) is 2.85. The van der Waals surface area contributed by atoms with E-state index in [0.717, 1.165) is 23.8 Å². The van der Waals surface area contributed by atoms with E-state index >= 15 is 0 Å². The Bertz CT molecular complexity index is 507. The van der Waals surface area contributed by atoms with Crippen LogP contribution in [-0.2, 0) is 0 Å². The van der Waals surface area contributed by atoms with E-state index in [1.54, 1.807) is 11.3 Å². The first-order chi connectivity index (χ1) is 9.24. The van der Waals surface area contributed by atoms with Crippen molar-refractivity contribution in [3.63, 3.8) is 0 Å². The molecule has 0 aliphatic carbocycles. The molecular formula is C15H20N2OS. The predicted molar refractivity (Wildman–Crippen MR) is 80.0 cm³/mol. The van der Waals surface area contributed by atoms with Crippen LogP contribution in [-0.4, -0.2) is 18.6 Å². The normalized spacial score (nSPS) is 12.4. The monoisotopic (exact) mass is 276 g/mol. The van der Waals surface area contributed by atoms with E-state index in [9.17, 15) is 0 Å². The second-order valence-corrected chi connectivity index (χ2v) is 5.69. The third-order valence-electron chi connectivity index (χ3n) is 2.90. The number of aryl methyl sites for hydroxylation is 1. The summed E-state index contributed by atoms with van der Waals surface area (Å²) in [4.78, 5) is 5.56. The Balaban J connectivity index is 2.15. The molecule has 1 atom stereocenters. The first-order valence-electron chi connectivity index (χ1n) is 6.57. The molecule has 3 nitrogen and oxygen atoms in total. The minimum atomic E-state index is 0.200. The zero-order chi connectivity index (χ0) is 13.7. The summed E-state index contributed by atoms with van der Waals surface area (Å²) in [5.74, 6) is 0.931. The van der Waals surface area contributed by atoms with Crippen molar-refractivity contribution in [2.45, 2.75) is 26.3 Å². The molecule has 0 fully saturated rings. The molecule has 0 amide bonds. The standard InChI is InChI=1S/C15H20N2OS/c1-4-9-18-13-7-5-12(6-8-13)15(16-3)14-10-17-11(2)19-14/h5-8,10,15-16H,4,9H2,1-3H3. The third-order valence-corrected chi connectivity index (χ3v) is 3.88. The fraction of sp³-hybridized carbons (Fsp3) is 0.400. The highest BCUT2D eigenvalue weighted by Gasteiger charge is 2.14. The summed E-state index contributed by atoms with van der Waals surface area (Å²) in [6, 6.07) is 8.49. The van der Waals surface area contributed by atoms with Crippen molar-refractivity contribution in [1.29, 1.82) is 0 Å². The Hall–Kier alpha value is -1.39. The van der Waals surface area contributed by atoms with E-state index in [4.69, 9.17) is 4.74 Å². The number of nitrogens with zero attached hydrogens (tertiary/aromatic N) is 1. The lowest BCUT2D eigenvalue weighted by molar-refractivity contribution is 0.317. The quantitative estimate of drug-likeness (QED) is 0.876. The van der Waals surface area contributed by atoms with Crippen molar-refractivity contribution < 1.29 is 4.74 Å². The van der Waals surface area contributed by atoms with Gasteiger partial charge in [0, 0.05) is 11.1 Å². The van der Waals surface area contributed by atoms with E-state index in [-0.39, 0.29) is 6.04 Å². The molecular weight excluding hydrogens is 256 g/mol. The SMILES string of the molecule is CCCOc1ccc(C(NC)c2cnc(C)s2)cc1. The van der Waals surface area contributed by atoms with Crippen LogP contribution in [0.15, 0.2) is 30.5 Å². The van der Waals surface area contributed by atoms with Gasteiger partial charge >= 0.3 is 0 Å². The molecule has 2 aromatic rings. The zero-order valence-electron chi connectivity index (χ0n) is 11.6. The van der Waals surface area contributed by atoms with E-state index in [0.29, 0.717) is 0 Å². The van der Waals surface area contributed by atoms with Crippen LogP contribution in [0.4, 0.5) is 0 Å². The number of hydrogen-bond acceptors (Lipinski definition) is 4. The van der Waals surface area contributed by atoms with Crippen LogP contribution in [0.1, 0.15) is 34.8 Å². The maximum Gasteiger partial charge on any atom is 0.119 e. The largest absolute Gasteiger partial charge is 0.494 e. The lowest BCUT2D eigenvalue weighted by Crippen LogP contribution is -2.16. The molecule has 0 aliphatic rings. The van der Waals surface area contributed by atoms with Gasteiger partial charge in [-0.1, -0.05) is 19.1 Å². The van der Waals surface area contributed by atoms with Crippen LogP contribution in [0.25, 0.3) is 0 Å². The number of ether oxygens (including phenoxy) is 1. The highest BCUT2D eigenvalue weighted by atomic mass is 32.1. The Morgan fingerprint density at radius 1 is 1.32 bits per heavy atom. The Kier molecular flexibility index (Phi) is 4.93. The van der Waals surface area contributed by atoms with E-state index in [1.807, 2.05) is 32.3 Å². The van der Waals surface area contributed by atoms with Gasteiger partial charge in [-0.15, -0.1) is 11.3 Å². The van der Waals surface area contributed by atoms with Crippen LogP contribution in [0.2, 0.25) is 0 Å². The number of rotatable bonds is 6. The minimum absolute atomic E-state index is 0.200. The summed E-state index contributed by atoms with van der Waals surface area (Å²) in [6.07, 6.45) is 2.98. The Morgan fingerprint density at radius 2 is 2.05 bits per heavy atom. The molecule has 1 unspecified atom stereocenters. The first-order valence-corrected chi connectivity index (χ1v) is 7.38. The van der Waals surface area contributed by atoms with Gasteiger partial charge in [-0.05, 0) is 38.1 Å². The van der Waals surface area contributed by atoms with Gasteiger partial charge in [0.05, 0.1) is 17.7 Å². The van der Waals surface area contributed by atoms with Crippen LogP contribution in [0.5, 0.6) is 5.75 Å². The molecule has 1 heterocycles. The van der Waals surface area contributed by atoms with Crippen LogP contribution in [0.3, 0.4) is 0 Å². The summed E-state index contributed by atoms with van der Waals surface area (Å²) in [7, 11) is 1.97. The number of nitrogens with one attached hydrogen (secondary N) is 1. The van der Waals surface area contributed by atoms with Crippen molar-refractivity contribution >= 4 is 11.3 Å². The highest BCUT2D eigenvalue weighted by Crippen LogP contribution is 2.27. The van der Waals surface area contributed by atoms with Gasteiger partial charge in [0.1, 0.15) is 5.75 Å². The third kappa shape index (κ3) is 3.55. The molecule has 0 saturated carbocycles. The highest BCUT2D eigenvalue weighted by molar-refractivity contribution is 7.11. The first kappa shape index (κ1) is 14.0. The maximum absolute atomic E-state index is 5.60. The summed E-state index contributed by atoms with van der Waals surface area (Å²) >= 11 is 1.73. The Labute approximate surface area is 118 Å². The maximum atomic E-state index is 5.60. The zero-order valence-corrected chi connectivity index (χ0v) is 12.5.